The van der Waals surface area contributed by atoms with E-state index >= 15 is 0 Å². The van der Waals surface area contributed by atoms with Crippen molar-refractivity contribution >= 4 is 0 Å². The van der Waals surface area contributed by atoms with Crippen molar-refractivity contribution in [2.45, 2.75) is 71.3 Å². The predicted octanol–water partition coefficient (Wildman–Crippen LogP) is 3.98. The van der Waals surface area contributed by atoms with E-state index in [1.54, 1.807) is 38.5 Å². The molecular formula is C17H29N. The molecule has 5 fully saturated rings. The van der Waals surface area contributed by atoms with Gasteiger partial charge in [0.15, 0.2) is 0 Å². The van der Waals surface area contributed by atoms with Crippen LogP contribution < -0.4 is 5.32 Å². The molecule has 1 atom stereocenters. The van der Waals surface area contributed by atoms with E-state index in [9.17, 15) is 0 Å². The van der Waals surface area contributed by atoms with Crippen LogP contribution in [0.3, 0.4) is 0 Å². The summed E-state index contributed by atoms with van der Waals surface area (Å²) in [6.45, 7) is 6.10. The highest BCUT2D eigenvalue weighted by atomic mass is 15.0. The molecule has 0 spiro atoms. The van der Waals surface area contributed by atoms with Gasteiger partial charge in [0.2, 0.25) is 0 Å². The quantitative estimate of drug-likeness (QED) is 0.778. The molecule has 4 saturated carbocycles. The molecule has 1 saturated heterocycles. The standard InChI is InChI=1S/C17H29N/c1-16(2)9-15(18-11-16)10-17-6-12-3-13(7-17)5-14(4-12)8-17/h12-15,18H,3-11H2,1-2H3. The summed E-state index contributed by atoms with van der Waals surface area (Å²) in [5.74, 6) is 3.35. The maximum absolute atomic E-state index is 3.82. The largest absolute Gasteiger partial charge is 0.313 e. The van der Waals surface area contributed by atoms with Crippen molar-refractivity contribution in [2.24, 2.45) is 28.6 Å². The lowest BCUT2D eigenvalue weighted by molar-refractivity contribution is -0.0614. The van der Waals surface area contributed by atoms with Gasteiger partial charge < -0.3 is 5.32 Å². The fraction of sp³-hybridized carbons (Fsp3) is 1.00. The van der Waals surface area contributed by atoms with E-state index in [4.69, 9.17) is 0 Å². The third-order valence-corrected chi connectivity index (χ3v) is 6.51. The fourth-order valence-corrected chi connectivity index (χ4v) is 6.44. The smallest absolute Gasteiger partial charge is 0.00781 e. The van der Waals surface area contributed by atoms with E-state index in [0.29, 0.717) is 5.41 Å². The van der Waals surface area contributed by atoms with Gasteiger partial charge in [-0.05, 0) is 80.0 Å². The molecule has 0 aromatic rings. The van der Waals surface area contributed by atoms with E-state index in [-0.39, 0.29) is 0 Å². The molecule has 1 aliphatic heterocycles. The molecule has 1 nitrogen and oxygen atoms in total. The maximum Gasteiger partial charge on any atom is 0.00781 e. The van der Waals surface area contributed by atoms with Crippen molar-refractivity contribution < 1.29 is 0 Å². The Hall–Kier alpha value is -0.0400. The van der Waals surface area contributed by atoms with Gasteiger partial charge in [-0.15, -0.1) is 0 Å². The first-order chi connectivity index (χ1) is 8.52. The topological polar surface area (TPSA) is 12.0 Å². The monoisotopic (exact) mass is 247 g/mol. The van der Waals surface area contributed by atoms with Gasteiger partial charge in [0.05, 0.1) is 0 Å². The van der Waals surface area contributed by atoms with Crippen molar-refractivity contribution in [1.29, 1.82) is 0 Å². The fourth-order valence-electron chi connectivity index (χ4n) is 6.44. The minimum atomic E-state index is 0.549. The summed E-state index contributed by atoms with van der Waals surface area (Å²) in [5.41, 5.74) is 1.32. The molecule has 0 amide bonds. The molecule has 1 unspecified atom stereocenters. The summed E-state index contributed by atoms with van der Waals surface area (Å²) < 4.78 is 0. The zero-order valence-corrected chi connectivity index (χ0v) is 12.2. The number of nitrogens with one attached hydrogen (secondary N) is 1. The lowest BCUT2D eigenvalue weighted by Gasteiger charge is -2.57. The summed E-state index contributed by atoms with van der Waals surface area (Å²) in [5, 5.41) is 3.82. The average molecular weight is 247 g/mol. The second-order valence-electron chi connectivity index (χ2n) is 9.07. The molecule has 0 aromatic carbocycles. The molecule has 102 valence electrons. The van der Waals surface area contributed by atoms with E-state index in [1.807, 2.05) is 0 Å². The normalized spacial score (nSPS) is 53.0. The van der Waals surface area contributed by atoms with Gasteiger partial charge in [-0.3, -0.25) is 0 Å². The average Bonchev–Trinajstić information content (AvgIpc) is 2.54. The molecule has 1 heterocycles. The maximum atomic E-state index is 3.82. The van der Waals surface area contributed by atoms with E-state index < -0.39 is 0 Å². The molecule has 5 aliphatic rings. The van der Waals surface area contributed by atoms with Gasteiger partial charge >= 0.3 is 0 Å². The highest BCUT2D eigenvalue weighted by Crippen LogP contribution is 2.62. The summed E-state index contributed by atoms with van der Waals surface area (Å²) in [6.07, 6.45) is 12.4. The van der Waals surface area contributed by atoms with Gasteiger partial charge in [0, 0.05) is 12.6 Å². The van der Waals surface area contributed by atoms with E-state index in [0.717, 1.165) is 29.2 Å². The summed E-state index contributed by atoms with van der Waals surface area (Å²) in [6, 6.07) is 0.830. The van der Waals surface area contributed by atoms with Crippen molar-refractivity contribution in [1.82, 2.24) is 5.32 Å². The Bertz CT molecular complexity index is 308. The number of hydrogen-bond donors (Lipinski definition) is 1. The summed E-state index contributed by atoms with van der Waals surface area (Å²) >= 11 is 0. The van der Waals surface area contributed by atoms with Crippen LogP contribution in [0.4, 0.5) is 0 Å². The van der Waals surface area contributed by atoms with E-state index in [1.165, 1.54) is 19.4 Å². The highest BCUT2D eigenvalue weighted by Gasteiger charge is 2.51. The van der Waals surface area contributed by atoms with Gasteiger partial charge in [-0.1, -0.05) is 13.8 Å². The first-order valence-electron chi connectivity index (χ1n) is 8.25. The lowest BCUT2D eigenvalue weighted by atomic mass is 9.48. The number of hydrogen-bond acceptors (Lipinski definition) is 1. The molecule has 18 heavy (non-hydrogen) atoms. The van der Waals surface area contributed by atoms with Crippen molar-refractivity contribution in [3.63, 3.8) is 0 Å². The van der Waals surface area contributed by atoms with Crippen molar-refractivity contribution in [2.75, 3.05) is 6.54 Å². The van der Waals surface area contributed by atoms with Gasteiger partial charge in [0.1, 0.15) is 0 Å². The first-order valence-corrected chi connectivity index (χ1v) is 8.25. The zero-order chi connectivity index (χ0) is 12.4. The third-order valence-electron chi connectivity index (χ3n) is 6.51. The van der Waals surface area contributed by atoms with Crippen LogP contribution in [0.2, 0.25) is 0 Å². The Morgan fingerprint density at radius 1 is 0.889 bits per heavy atom. The molecule has 5 rings (SSSR count). The second kappa shape index (κ2) is 3.75. The van der Waals surface area contributed by atoms with E-state index in [2.05, 4.69) is 19.2 Å². The molecule has 4 aliphatic carbocycles. The van der Waals surface area contributed by atoms with Crippen molar-refractivity contribution in [3.05, 3.63) is 0 Å². The van der Waals surface area contributed by atoms with Crippen molar-refractivity contribution in [3.8, 4) is 0 Å². The SMILES string of the molecule is CC1(C)CNC(CC23CC4CC(CC(C4)C2)C3)C1. The summed E-state index contributed by atoms with van der Waals surface area (Å²) in [7, 11) is 0. The van der Waals surface area contributed by atoms with Gasteiger partial charge in [0.25, 0.3) is 0 Å². The number of rotatable bonds is 2. The van der Waals surface area contributed by atoms with Crippen LogP contribution >= 0.6 is 0 Å². The van der Waals surface area contributed by atoms with Crippen LogP contribution in [0.5, 0.6) is 0 Å². The molecule has 0 aromatic heterocycles. The molecule has 4 bridgehead atoms. The molecular weight excluding hydrogens is 218 g/mol. The van der Waals surface area contributed by atoms with Crippen LogP contribution in [-0.2, 0) is 0 Å². The van der Waals surface area contributed by atoms with Crippen LogP contribution in [0, 0.1) is 28.6 Å². The Morgan fingerprint density at radius 2 is 1.44 bits per heavy atom. The molecule has 1 N–H and O–H groups in total. The highest BCUT2D eigenvalue weighted by molar-refractivity contribution is 5.04. The second-order valence-corrected chi connectivity index (χ2v) is 9.07. The lowest BCUT2D eigenvalue weighted by Crippen LogP contribution is -2.48. The third kappa shape index (κ3) is 1.94. The van der Waals surface area contributed by atoms with Crippen LogP contribution in [0.1, 0.15) is 65.2 Å². The Labute approximate surface area is 112 Å². The minimum absolute atomic E-state index is 0.549. The van der Waals surface area contributed by atoms with Gasteiger partial charge in [-0.2, -0.15) is 0 Å². The van der Waals surface area contributed by atoms with Crippen LogP contribution in [-0.4, -0.2) is 12.6 Å². The summed E-state index contributed by atoms with van der Waals surface area (Å²) in [4.78, 5) is 0. The molecule has 1 heteroatoms. The minimum Gasteiger partial charge on any atom is -0.313 e. The Balaban J connectivity index is 1.48. The predicted molar refractivity (Wildman–Crippen MR) is 75.4 cm³/mol. The Morgan fingerprint density at radius 3 is 1.89 bits per heavy atom. The van der Waals surface area contributed by atoms with Crippen LogP contribution in [0.25, 0.3) is 0 Å². The Kier molecular flexibility index (Phi) is 2.45. The zero-order valence-electron chi connectivity index (χ0n) is 12.2. The first kappa shape index (κ1) is 11.8. The molecule has 0 radical (unpaired) electrons. The van der Waals surface area contributed by atoms with Gasteiger partial charge in [-0.25, -0.2) is 0 Å². The van der Waals surface area contributed by atoms with Crippen LogP contribution in [0.15, 0.2) is 0 Å².